The minimum atomic E-state index is -0.267. The molecule has 7 heteroatoms. The van der Waals surface area contributed by atoms with Crippen LogP contribution >= 0.6 is 23.2 Å². The third kappa shape index (κ3) is 4.45. The summed E-state index contributed by atoms with van der Waals surface area (Å²) in [6.07, 6.45) is 3.12. The van der Waals surface area contributed by atoms with Gasteiger partial charge < -0.3 is 15.4 Å². The lowest BCUT2D eigenvalue weighted by Crippen LogP contribution is -2.12. The Kier molecular flexibility index (Phi) is 5.61. The minimum Gasteiger partial charge on any atom is -0.495 e. The Labute approximate surface area is 160 Å². The second-order valence-corrected chi connectivity index (χ2v) is 6.24. The molecule has 0 atom stereocenters. The van der Waals surface area contributed by atoms with Crippen LogP contribution in [0, 0.1) is 0 Å². The van der Waals surface area contributed by atoms with E-state index in [1.165, 1.54) is 6.20 Å². The number of halogens is 2. The van der Waals surface area contributed by atoms with Crippen LogP contribution in [0.1, 0.15) is 10.4 Å². The van der Waals surface area contributed by atoms with Crippen molar-refractivity contribution in [1.82, 2.24) is 4.98 Å². The van der Waals surface area contributed by atoms with Crippen molar-refractivity contribution >= 4 is 46.2 Å². The first-order valence-corrected chi connectivity index (χ1v) is 8.43. The Morgan fingerprint density at radius 3 is 2.38 bits per heavy atom. The number of benzene rings is 2. The molecule has 1 amide bonds. The topological polar surface area (TPSA) is 63.2 Å². The molecule has 0 bridgehead atoms. The van der Waals surface area contributed by atoms with Gasteiger partial charge in [-0.05, 0) is 48.5 Å². The maximum Gasteiger partial charge on any atom is 0.257 e. The molecule has 0 fully saturated rings. The summed E-state index contributed by atoms with van der Waals surface area (Å²) >= 11 is 12.0. The average molecular weight is 388 g/mol. The summed E-state index contributed by atoms with van der Waals surface area (Å²) in [5, 5.41) is 7.05. The fourth-order valence-electron chi connectivity index (χ4n) is 2.28. The zero-order valence-corrected chi connectivity index (χ0v) is 15.3. The lowest BCUT2D eigenvalue weighted by atomic mass is 10.2. The summed E-state index contributed by atoms with van der Waals surface area (Å²) < 4.78 is 5.13. The smallest absolute Gasteiger partial charge is 0.257 e. The second kappa shape index (κ2) is 8.08. The minimum absolute atomic E-state index is 0.267. The maximum absolute atomic E-state index is 12.4. The molecule has 0 aliphatic heterocycles. The molecule has 132 valence electrons. The normalized spacial score (nSPS) is 10.3. The van der Waals surface area contributed by atoms with Crippen molar-refractivity contribution in [3.8, 4) is 5.75 Å². The lowest BCUT2D eigenvalue weighted by Gasteiger charge is -2.10. The molecule has 0 aliphatic carbocycles. The van der Waals surface area contributed by atoms with Gasteiger partial charge in [0.1, 0.15) is 5.75 Å². The summed E-state index contributed by atoms with van der Waals surface area (Å²) in [6, 6.07) is 13.9. The Morgan fingerprint density at radius 2 is 1.69 bits per heavy atom. The van der Waals surface area contributed by atoms with E-state index in [-0.39, 0.29) is 5.91 Å². The first-order valence-electron chi connectivity index (χ1n) is 7.67. The summed E-state index contributed by atoms with van der Waals surface area (Å²) in [7, 11) is 1.56. The molecule has 0 spiro atoms. The molecule has 0 saturated heterocycles. The van der Waals surface area contributed by atoms with Crippen LogP contribution in [-0.2, 0) is 0 Å². The number of ether oxygens (including phenoxy) is 1. The van der Waals surface area contributed by atoms with E-state index < -0.39 is 0 Å². The number of aromatic nitrogens is 1. The summed E-state index contributed by atoms with van der Waals surface area (Å²) in [5.74, 6) is 0.322. The van der Waals surface area contributed by atoms with Gasteiger partial charge in [0.15, 0.2) is 0 Å². The van der Waals surface area contributed by atoms with Crippen molar-refractivity contribution in [1.29, 1.82) is 0 Å². The van der Waals surface area contributed by atoms with Gasteiger partial charge in [-0.15, -0.1) is 0 Å². The molecule has 1 aromatic heterocycles. The van der Waals surface area contributed by atoms with E-state index in [2.05, 4.69) is 15.6 Å². The molecule has 3 rings (SSSR count). The predicted octanol–water partition coefficient (Wildman–Crippen LogP) is 5.39. The Balaban J connectivity index is 1.74. The highest BCUT2D eigenvalue weighted by molar-refractivity contribution is 6.32. The predicted molar refractivity (Wildman–Crippen MR) is 105 cm³/mol. The lowest BCUT2D eigenvalue weighted by molar-refractivity contribution is 0.102. The fourth-order valence-corrected chi connectivity index (χ4v) is 2.66. The van der Waals surface area contributed by atoms with E-state index >= 15 is 0 Å². The standard InChI is InChI=1S/C19H15Cl2N3O2/c1-26-18-7-6-15(9-17(18)21)23-16-8-12(10-22-11-16)19(25)24-14-4-2-13(20)3-5-14/h2-11,23H,1H3,(H,24,25). The van der Waals surface area contributed by atoms with Gasteiger partial charge in [0.25, 0.3) is 5.91 Å². The first-order chi connectivity index (χ1) is 12.5. The number of carbonyl (C=O) groups is 1. The van der Waals surface area contributed by atoms with Gasteiger partial charge in [0.05, 0.1) is 29.6 Å². The van der Waals surface area contributed by atoms with Crippen LogP contribution < -0.4 is 15.4 Å². The van der Waals surface area contributed by atoms with Crippen molar-refractivity contribution in [2.75, 3.05) is 17.7 Å². The number of carbonyl (C=O) groups excluding carboxylic acids is 1. The number of pyridine rings is 1. The van der Waals surface area contributed by atoms with Crippen molar-refractivity contribution in [2.24, 2.45) is 0 Å². The van der Waals surface area contributed by atoms with E-state index in [0.29, 0.717) is 32.7 Å². The van der Waals surface area contributed by atoms with Gasteiger partial charge in [-0.1, -0.05) is 23.2 Å². The van der Waals surface area contributed by atoms with Gasteiger partial charge in [-0.25, -0.2) is 0 Å². The monoisotopic (exact) mass is 387 g/mol. The average Bonchev–Trinajstić information content (AvgIpc) is 2.64. The van der Waals surface area contributed by atoms with E-state index in [1.54, 1.807) is 55.8 Å². The van der Waals surface area contributed by atoms with Crippen LogP contribution in [0.5, 0.6) is 5.75 Å². The molecule has 0 saturated carbocycles. The largest absolute Gasteiger partial charge is 0.495 e. The van der Waals surface area contributed by atoms with Crippen LogP contribution in [0.4, 0.5) is 17.1 Å². The van der Waals surface area contributed by atoms with Crippen molar-refractivity contribution in [3.05, 3.63) is 76.5 Å². The third-order valence-corrected chi connectivity index (χ3v) is 4.09. The number of nitrogens with one attached hydrogen (secondary N) is 2. The molecule has 0 unspecified atom stereocenters. The summed E-state index contributed by atoms with van der Waals surface area (Å²) in [5.41, 5.74) is 2.49. The van der Waals surface area contributed by atoms with Gasteiger partial charge >= 0.3 is 0 Å². The van der Waals surface area contributed by atoms with Crippen LogP contribution in [0.15, 0.2) is 60.9 Å². The SMILES string of the molecule is COc1ccc(Nc2cncc(C(=O)Nc3ccc(Cl)cc3)c2)cc1Cl. The molecule has 0 radical (unpaired) electrons. The Morgan fingerprint density at radius 1 is 0.962 bits per heavy atom. The number of hydrogen-bond donors (Lipinski definition) is 2. The molecule has 5 nitrogen and oxygen atoms in total. The zero-order chi connectivity index (χ0) is 18.5. The van der Waals surface area contributed by atoms with Gasteiger partial charge in [0, 0.05) is 22.6 Å². The van der Waals surface area contributed by atoms with E-state index in [1.807, 2.05) is 6.07 Å². The summed E-state index contributed by atoms with van der Waals surface area (Å²) in [4.78, 5) is 16.5. The summed E-state index contributed by atoms with van der Waals surface area (Å²) in [6.45, 7) is 0. The second-order valence-electron chi connectivity index (χ2n) is 5.40. The van der Waals surface area contributed by atoms with Crippen LogP contribution in [0.2, 0.25) is 10.0 Å². The van der Waals surface area contributed by atoms with Crippen molar-refractivity contribution in [2.45, 2.75) is 0 Å². The number of hydrogen-bond acceptors (Lipinski definition) is 4. The molecule has 2 N–H and O–H groups in total. The molecular formula is C19H15Cl2N3O2. The number of rotatable bonds is 5. The van der Waals surface area contributed by atoms with Crippen LogP contribution in [-0.4, -0.2) is 18.0 Å². The van der Waals surface area contributed by atoms with Gasteiger partial charge in [0.2, 0.25) is 0 Å². The van der Waals surface area contributed by atoms with Gasteiger partial charge in [-0.3, -0.25) is 9.78 Å². The fraction of sp³-hybridized carbons (Fsp3) is 0.0526. The number of methoxy groups -OCH3 is 1. The highest BCUT2D eigenvalue weighted by Crippen LogP contribution is 2.28. The maximum atomic E-state index is 12.4. The van der Waals surface area contributed by atoms with Crippen molar-refractivity contribution in [3.63, 3.8) is 0 Å². The van der Waals surface area contributed by atoms with Crippen molar-refractivity contribution < 1.29 is 9.53 Å². The molecule has 0 aliphatic rings. The molecule has 26 heavy (non-hydrogen) atoms. The molecule has 1 heterocycles. The zero-order valence-electron chi connectivity index (χ0n) is 13.8. The molecule has 3 aromatic rings. The third-order valence-electron chi connectivity index (χ3n) is 3.54. The quantitative estimate of drug-likeness (QED) is 0.615. The number of nitrogens with zero attached hydrogens (tertiary/aromatic N) is 1. The number of amides is 1. The molecular weight excluding hydrogens is 373 g/mol. The highest BCUT2D eigenvalue weighted by Gasteiger charge is 2.09. The van der Waals surface area contributed by atoms with E-state index in [0.717, 1.165) is 5.69 Å². The van der Waals surface area contributed by atoms with Crippen LogP contribution in [0.25, 0.3) is 0 Å². The number of anilines is 3. The Hall–Kier alpha value is -2.76. The first kappa shape index (κ1) is 18.0. The van der Waals surface area contributed by atoms with E-state index in [9.17, 15) is 4.79 Å². The highest BCUT2D eigenvalue weighted by atomic mass is 35.5. The van der Waals surface area contributed by atoms with E-state index in [4.69, 9.17) is 27.9 Å². The molecule has 2 aromatic carbocycles. The van der Waals surface area contributed by atoms with Gasteiger partial charge in [-0.2, -0.15) is 0 Å². The van der Waals surface area contributed by atoms with Crippen LogP contribution in [0.3, 0.4) is 0 Å². The Bertz CT molecular complexity index is 930.